The van der Waals surface area contributed by atoms with E-state index in [0.717, 1.165) is 16.7 Å². The predicted octanol–water partition coefficient (Wildman–Crippen LogP) is 4.79. The molecule has 0 saturated heterocycles. The molecule has 1 aliphatic rings. The second-order valence-electron chi connectivity index (χ2n) is 8.01. The van der Waals surface area contributed by atoms with E-state index in [9.17, 15) is 14.4 Å². The summed E-state index contributed by atoms with van der Waals surface area (Å²) in [5, 5.41) is 0. The van der Waals surface area contributed by atoms with Crippen LogP contribution >= 0.6 is 0 Å². The van der Waals surface area contributed by atoms with Crippen molar-refractivity contribution in [3.63, 3.8) is 0 Å². The molecule has 4 nitrogen and oxygen atoms in total. The molecule has 0 fully saturated rings. The van der Waals surface area contributed by atoms with Crippen molar-refractivity contribution < 1.29 is 14.4 Å². The lowest BCUT2D eigenvalue weighted by atomic mass is 9.74. The molecule has 0 N–H and O–H groups in total. The highest BCUT2D eigenvalue weighted by molar-refractivity contribution is 6.37. The van der Waals surface area contributed by atoms with Gasteiger partial charge in [0.25, 0.3) is 5.91 Å². The molecule has 0 aromatic heterocycles. The Morgan fingerprint density at radius 1 is 0.806 bits per heavy atom. The first-order valence-electron chi connectivity index (χ1n) is 10.3. The van der Waals surface area contributed by atoms with Crippen LogP contribution in [0.5, 0.6) is 0 Å². The number of nitrogens with zero attached hydrogens (tertiary/aromatic N) is 1. The lowest BCUT2D eigenvalue weighted by Crippen LogP contribution is -2.43. The lowest BCUT2D eigenvalue weighted by molar-refractivity contribution is -0.129. The van der Waals surface area contributed by atoms with Crippen molar-refractivity contribution in [1.82, 2.24) is 0 Å². The maximum Gasteiger partial charge on any atom is 0.261 e. The quantitative estimate of drug-likeness (QED) is 0.460. The Kier molecular flexibility index (Phi) is 5.47. The van der Waals surface area contributed by atoms with Crippen LogP contribution in [0.3, 0.4) is 0 Å². The first-order valence-corrected chi connectivity index (χ1v) is 10.3. The lowest BCUT2D eigenvalue weighted by Gasteiger charge is -2.28. The first-order chi connectivity index (χ1) is 14.9. The van der Waals surface area contributed by atoms with Crippen LogP contribution in [0.1, 0.15) is 44.1 Å². The summed E-state index contributed by atoms with van der Waals surface area (Å²) in [5.74, 6) is -3.48. The van der Waals surface area contributed by atoms with Gasteiger partial charge in [-0.25, -0.2) is 4.99 Å². The number of aliphatic imine (C=N–C) groups is 1. The van der Waals surface area contributed by atoms with E-state index in [1.165, 1.54) is 0 Å². The van der Waals surface area contributed by atoms with Crippen molar-refractivity contribution in [3.05, 3.63) is 106 Å². The van der Waals surface area contributed by atoms with Crippen LogP contribution in [0.25, 0.3) is 0 Å². The van der Waals surface area contributed by atoms with Gasteiger partial charge in [0.1, 0.15) is 11.8 Å². The minimum atomic E-state index is -1.13. The molecule has 1 aliphatic heterocycles. The average molecular weight is 409 g/mol. The Hall–Kier alpha value is -3.66. The summed E-state index contributed by atoms with van der Waals surface area (Å²) in [4.78, 5) is 44.8. The third-order valence-corrected chi connectivity index (χ3v) is 5.74. The Bertz CT molecular complexity index is 1190. The summed E-state index contributed by atoms with van der Waals surface area (Å²) in [6.45, 7) is 5.75. The second kappa shape index (κ2) is 8.23. The number of ketones is 2. The number of rotatable bonds is 4. The van der Waals surface area contributed by atoms with Crippen LogP contribution in [0.15, 0.2) is 77.8 Å². The maximum absolute atomic E-state index is 13.8. The summed E-state index contributed by atoms with van der Waals surface area (Å²) >= 11 is 0. The van der Waals surface area contributed by atoms with Crippen LogP contribution < -0.4 is 0 Å². The van der Waals surface area contributed by atoms with Gasteiger partial charge in [-0.3, -0.25) is 14.4 Å². The minimum Gasteiger partial charge on any atom is -0.297 e. The van der Waals surface area contributed by atoms with E-state index < -0.39 is 23.5 Å². The van der Waals surface area contributed by atoms with Crippen molar-refractivity contribution in [2.24, 2.45) is 10.9 Å². The van der Waals surface area contributed by atoms with Crippen LogP contribution in [0.2, 0.25) is 0 Å². The molecule has 2 atom stereocenters. The van der Waals surface area contributed by atoms with Gasteiger partial charge >= 0.3 is 0 Å². The van der Waals surface area contributed by atoms with Gasteiger partial charge in [-0.15, -0.1) is 0 Å². The number of carbonyl (C=O) groups excluding carboxylic acids is 3. The smallest absolute Gasteiger partial charge is 0.261 e. The number of hydrogen-bond donors (Lipinski definition) is 0. The Labute approximate surface area is 181 Å². The summed E-state index contributed by atoms with van der Waals surface area (Å²) < 4.78 is 0. The first kappa shape index (κ1) is 20.6. The number of carbonyl (C=O) groups is 3. The molecule has 0 radical (unpaired) electrons. The van der Waals surface area contributed by atoms with Gasteiger partial charge in [0, 0.05) is 5.56 Å². The molecule has 154 valence electrons. The molecule has 1 amide bonds. The molecule has 4 rings (SSSR count). The highest BCUT2D eigenvalue weighted by Gasteiger charge is 2.45. The Morgan fingerprint density at radius 3 is 1.94 bits per heavy atom. The molecule has 1 heterocycles. The van der Waals surface area contributed by atoms with E-state index in [4.69, 9.17) is 0 Å². The third-order valence-electron chi connectivity index (χ3n) is 5.74. The molecule has 2 unspecified atom stereocenters. The predicted molar refractivity (Wildman–Crippen MR) is 121 cm³/mol. The van der Waals surface area contributed by atoms with Gasteiger partial charge in [0.2, 0.25) is 0 Å². The van der Waals surface area contributed by atoms with E-state index in [-0.39, 0.29) is 11.5 Å². The molecule has 31 heavy (non-hydrogen) atoms. The number of amides is 1. The molecule has 0 aliphatic carbocycles. The van der Waals surface area contributed by atoms with Crippen molar-refractivity contribution >= 4 is 23.2 Å². The number of hydrogen-bond acceptors (Lipinski definition) is 3. The van der Waals surface area contributed by atoms with Crippen molar-refractivity contribution in [3.8, 4) is 0 Å². The van der Waals surface area contributed by atoms with Gasteiger partial charge in [0.15, 0.2) is 11.6 Å². The molecule has 3 aromatic carbocycles. The Morgan fingerprint density at radius 2 is 1.35 bits per heavy atom. The van der Waals surface area contributed by atoms with E-state index in [2.05, 4.69) is 4.99 Å². The van der Waals surface area contributed by atoms with E-state index >= 15 is 0 Å². The zero-order valence-electron chi connectivity index (χ0n) is 17.8. The molecule has 4 heteroatoms. The van der Waals surface area contributed by atoms with Crippen LogP contribution in [-0.4, -0.2) is 23.2 Å². The van der Waals surface area contributed by atoms with Crippen molar-refractivity contribution in [1.29, 1.82) is 0 Å². The fraction of sp³-hybridized carbons (Fsp3) is 0.185. The summed E-state index contributed by atoms with van der Waals surface area (Å²) in [7, 11) is 0. The molecular formula is C27H23NO3. The largest absolute Gasteiger partial charge is 0.297 e. The SMILES string of the molecule is Cc1cc(C)c(C2C(=O)N=C(c3ccccc3)C(C(=O)c3ccccc3)C2=O)c(C)c1. The fourth-order valence-corrected chi connectivity index (χ4v) is 4.45. The van der Waals surface area contributed by atoms with E-state index in [1.54, 1.807) is 48.5 Å². The van der Waals surface area contributed by atoms with E-state index in [0.29, 0.717) is 16.7 Å². The molecular weight excluding hydrogens is 386 g/mol. The third kappa shape index (κ3) is 3.77. The number of benzene rings is 3. The highest BCUT2D eigenvalue weighted by Crippen LogP contribution is 2.35. The molecule has 0 bridgehead atoms. The number of aryl methyl sites for hydroxylation is 3. The number of Topliss-reactive ketones (excluding diaryl/α,β-unsaturated/α-hetero) is 2. The molecule has 0 saturated carbocycles. The fourth-order valence-electron chi connectivity index (χ4n) is 4.45. The van der Waals surface area contributed by atoms with Crippen LogP contribution in [-0.2, 0) is 9.59 Å². The zero-order chi connectivity index (χ0) is 22.1. The monoisotopic (exact) mass is 409 g/mol. The average Bonchev–Trinajstić information content (AvgIpc) is 2.76. The van der Waals surface area contributed by atoms with Gasteiger partial charge in [-0.2, -0.15) is 0 Å². The van der Waals surface area contributed by atoms with E-state index in [1.807, 2.05) is 45.0 Å². The summed E-state index contributed by atoms with van der Waals surface area (Å²) in [6.07, 6.45) is 0. The zero-order valence-corrected chi connectivity index (χ0v) is 17.8. The summed E-state index contributed by atoms with van der Waals surface area (Å²) in [6, 6.07) is 21.6. The van der Waals surface area contributed by atoms with Crippen molar-refractivity contribution in [2.45, 2.75) is 26.7 Å². The van der Waals surface area contributed by atoms with Gasteiger partial charge in [-0.05, 0) is 43.0 Å². The van der Waals surface area contributed by atoms with Gasteiger partial charge < -0.3 is 0 Å². The van der Waals surface area contributed by atoms with Gasteiger partial charge in [0.05, 0.1) is 5.71 Å². The normalized spacial score (nSPS) is 18.6. The van der Waals surface area contributed by atoms with Crippen LogP contribution in [0.4, 0.5) is 0 Å². The molecule has 0 spiro atoms. The van der Waals surface area contributed by atoms with Gasteiger partial charge in [-0.1, -0.05) is 78.4 Å². The van der Waals surface area contributed by atoms with Crippen LogP contribution in [0, 0.1) is 26.7 Å². The highest BCUT2D eigenvalue weighted by atomic mass is 16.2. The maximum atomic E-state index is 13.8. The molecule has 3 aromatic rings. The minimum absolute atomic E-state index is 0.225. The van der Waals surface area contributed by atoms with Crippen molar-refractivity contribution in [2.75, 3.05) is 0 Å². The second-order valence-corrected chi connectivity index (χ2v) is 8.01. The Balaban J connectivity index is 1.90. The standard InChI is InChI=1S/C27H23NO3/c1-16-14-17(2)21(18(3)15-16)22-26(30)23(25(29)20-12-8-5-9-13-20)24(28-27(22)31)19-10-6-4-7-11-19/h4-15,22-23H,1-3H3. The topological polar surface area (TPSA) is 63.6 Å². The summed E-state index contributed by atoms with van der Waals surface area (Å²) in [5.41, 5.74) is 4.68.